The van der Waals surface area contributed by atoms with Crippen LogP contribution in [0.1, 0.15) is 17.3 Å². The molecule has 76 valence electrons. The zero-order chi connectivity index (χ0) is 10.7. The minimum absolute atomic E-state index is 0.0649. The van der Waals surface area contributed by atoms with Crippen molar-refractivity contribution in [1.29, 1.82) is 0 Å². The number of hydrogen-bond acceptors (Lipinski definition) is 4. The van der Waals surface area contributed by atoms with E-state index in [0.717, 1.165) is 0 Å². The van der Waals surface area contributed by atoms with E-state index in [4.69, 9.17) is 10.5 Å². The number of nitrogens with two attached hydrogens (primary N) is 1. The largest absolute Gasteiger partial charge is 0.506 e. The molecule has 0 aromatic heterocycles. The highest BCUT2D eigenvalue weighted by atomic mass is 79.9. The molecule has 5 heteroatoms. The third-order valence-corrected chi connectivity index (χ3v) is 2.27. The van der Waals surface area contributed by atoms with E-state index in [2.05, 4.69) is 15.9 Å². The predicted octanol–water partition coefficient (Wildman–Crippen LogP) is 1.91. The zero-order valence-electron chi connectivity index (χ0n) is 7.58. The van der Waals surface area contributed by atoms with Crippen molar-refractivity contribution >= 4 is 27.6 Å². The fourth-order valence-electron chi connectivity index (χ4n) is 0.945. The Morgan fingerprint density at radius 3 is 2.86 bits per heavy atom. The lowest BCUT2D eigenvalue weighted by molar-refractivity contribution is 0.0525. The van der Waals surface area contributed by atoms with Gasteiger partial charge in [0.1, 0.15) is 5.75 Å². The summed E-state index contributed by atoms with van der Waals surface area (Å²) in [5.41, 5.74) is 5.90. The molecule has 0 saturated carbocycles. The predicted molar refractivity (Wildman–Crippen MR) is 56.2 cm³/mol. The Kier molecular flexibility index (Phi) is 3.35. The Hall–Kier alpha value is -1.23. The number of anilines is 1. The summed E-state index contributed by atoms with van der Waals surface area (Å²) in [5, 5.41) is 9.23. The smallest absolute Gasteiger partial charge is 0.339 e. The Labute approximate surface area is 89.8 Å². The molecule has 0 fully saturated rings. The quantitative estimate of drug-likeness (QED) is 0.484. The molecule has 1 aromatic rings. The van der Waals surface area contributed by atoms with Gasteiger partial charge in [0.2, 0.25) is 0 Å². The summed E-state index contributed by atoms with van der Waals surface area (Å²) in [4.78, 5) is 11.3. The van der Waals surface area contributed by atoms with Crippen LogP contribution in [0.15, 0.2) is 16.6 Å². The van der Waals surface area contributed by atoms with Gasteiger partial charge < -0.3 is 15.6 Å². The molecule has 0 unspecified atom stereocenters. The SMILES string of the molecule is CCOC(=O)c1cc(N)c(O)cc1Br. The number of hydrogen-bond donors (Lipinski definition) is 2. The number of ether oxygens (including phenoxy) is 1. The lowest BCUT2D eigenvalue weighted by Gasteiger charge is -2.06. The first-order valence-electron chi connectivity index (χ1n) is 4.01. The van der Waals surface area contributed by atoms with E-state index in [9.17, 15) is 9.90 Å². The van der Waals surface area contributed by atoms with Gasteiger partial charge in [0.05, 0.1) is 17.9 Å². The first kappa shape index (κ1) is 10.8. The van der Waals surface area contributed by atoms with Crippen LogP contribution in [0.4, 0.5) is 5.69 Å². The summed E-state index contributed by atoms with van der Waals surface area (Å²) in [6, 6.07) is 2.74. The van der Waals surface area contributed by atoms with E-state index in [1.54, 1.807) is 6.92 Å². The summed E-state index contributed by atoms with van der Waals surface area (Å²) in [5.74, 6) is -0.531. The van der Waals surface area contributed by atoms with Gasteiger partial charge in [-0.3, -0.25) is 0 Å². The van der Waals surface area contributed by atoms with Gasteiger partial charge in [-0.05, 0) is 35.0 Å². The molecule has 0 aliphatic carbocycles. The maximum atomic E-state index is 11.3. The van der Waals surface area contributed by atoms with Gasteiger partial charge in [-0.15, -0.1) is 0 Å². The van der Waals surface area contributed by atoms with Crippen molar-refractivity contribution in [2.45, 2.75) is 6.92 Å². The third kappa shape index (κ3) is 2.17. The van der Waals surface area contributed by atoms with Gasteiger partial charge in [-0.2, -0.15) is 0 Å². The summed E-state index contributed by atoms with van der Waals surface area (Å²) in [7, 11) is 0. The molecule has 0 amide bonds. The second-order valence-corrected chi connectivity index (χ2v) is 3.47. The van der Waals surface area contributed by atoms with Crippen LogP contribution in [-0.2, 0) is 4.74 Å². The number of phenolic OH excluding ortho intramolecular Hbond substituents is 1. The van der Waals surface area contributed by atoms with Crippen LogP contribution >= 0.6 is 15.9 Å². The van der Waals surface area contributed by atoms with Crippen LogP contribution < -0.4 is 5.73 Å². The molecule has 0 aliphatic rings. The second kappa shape index (κ2) is 4.32. The Morgan fingerprint density at radius 1 is 1.64 bits per heavy atom. The van der Waals surface area contributed by atoms with Crippen molar-refractivity contribution in [3.8, 4) is 5.75 Å². The first-order chi connectivity index (χ1) is 6.56. The highest BCUT2D eigenvalue weighted by Gasteiger charge is 2.13. The monoisotopic (exact) mass is 259 g/mol. The fourth-order valence-corrected chi connectivity index (χ4v) is 1.44. The fraction of sp³-hybridized carbons (Fsp3) is 0.222. The first-order valence-corrected chi connectivity index (χ1v) is 4.80. The molecule has 0 aliphatic heterocycles. The van der Waals surface area contributed by atoms with Gasteiger partial charge in [-0.1, -0.05) is 0 Å². The van der Waals surface area contributed by atoms with Crippen molar-refractivity contribution < 1.29 is 14.6 Å². The average Bonchev–Trinajstić information content (AvgIpc) is 2.11. The molecule has 1 aromatic carbocycles. The average molecular weight is 260 g/mol. The van der Waals surface area contributed by atoms with Gasteiger partial charge in [0.15, 0.2) is 0 Å². The molecule has 0 heterocycles. The van der Waals surface area contributed by atoms with E-state index in [1.165, 1.54) is 12.1 Å². The highest BCUT2D eigenvalue weighted by molar-refractivity contribution is 9.10. The summed E-state index contributed by atoms with van der Waals surface area (Å²) in [6.45, 7) is 2.02. The van der Waals surface area contributed by atoms with Gasteiger partial charge in [0.25, 0.3) is 0 Å². The van der Waals surface area contributed by atoms with Crippen LogP contribution in [0.3, 0.4) is 0 Å². The van der Waals surface area contributed by atoms with Crippen LogP contribution in [0.2, 0.25) is 0 Å². The van der Waals surface area contributed by atoms with E-state index in [-0.39, 0.29) is 11.4 Å². The molecule has 14 heavy (non-hydrogen) atoms. The van der Waals surface area contributed by atoms with Crippen LogP contribution in [0, 0.1) is 0 Å². The van der Waals surface area contributed by atoms with Crippen LogP contribution in [-0.4, -0.2) is 17.7 Å². The second-order valence-electron chi connectivity index (χ2n) is 2.61. The Balaban J connectivity index is 3.09. The standard InChI is InChI=1S/C9H10BrNO3/c1-2-14-9(13)5-3-7(11)8(12)4-6(5)10/h3-4,12H,2,11H2,1H3. The number of carbonyl (C=O) groups excluding carboxylic acids is 1. The highest BCUT2D eigenvalue weighted by Crippen LogP contribution is 2.28. The minimum atomic E-state index is -0.467. The maximum Gasteiger partial charge on any atom is 0.339 e. The number of phenols is 1. The van der Waals surface area contributed by atoms with Crippen LogP contribution in [0.25, 0.3) is 0 Å². The van der Waals surface area contributed by atoms with Crippen molar-refractivity contribution in [2.75, 3.05) is 12.3 Å². The number of halogens is 1. The minimum Gasteiger partial charge on any atom is -0.506 e. The molecule has 0 radical (unpaired) electrons. The molecule has 3 N–H and O–H groups in total. The van der Waals surface area contributed by atoms with Gasteiger partial charge in [-0.25, -0.2) is 4.79 Å². The number of nitrogen functional groups attached to an aromatic ring is 1. The van der Waals surface area contributed by atoms with Gasteiger partial charge in [0, 0.05) is 4.47 Å². The van der Waals surface area contributed by atoms with E-state index < -0.39 is 5.97 Å². The number of rotatable bonds is 2. The van der Waals surface area contributed by atoms with E-state index in [1.807, 2.05) is 0 Å². The van der Waals surface area contributed by atoms with Crippen LogP contribution in [0.5, 0.6) is 5.75 Å². The number of carbonyl (C=O) groups is 1. The third-order valence-electron chi connectivity index (χ3n) is 1.61. The normalized spacial score (nSPS) is 9.86. The number of aromatic hydroxyl groups is 1. The summed E-state index contributed by atoms with van der Waals surface area (Å²) in [6.07, 6.45) is 0. The molecule has 0 spiro atoms. The van der Waals surface area contributed by atoms with Gasteiger partial charge >= 0.3 is 5.97 Å². The molecule has 4 nitrogen and oxygen atoms in total. The number of esters is 1. The molecular weight excluding hydrogens is 250 g/mol. The lowest BCUT2D eigenvalue weighted by atomic mass is 10.2. The van der Waals surface area contributed by atoms with Crippen molar-refractivity contribution in [3.05, 3.63) is 22.2 Å². The van der Waals surface area contributed by atoms with Crippen molar-refractivity contribution in [3.63, 3.8) is 0 Å². The van der Waals surface area contributed by atoms with E-state index >= 15 is 0 Å². The van der Waals surface area contributed by atoms with Crippen molar-refractivity contribution in [1.82, 2.24) is 0 Å². The summed E-state index contributed by atoms with van der Waals surface area (Å²) < 4.78 is 5.26. The molecule has 0 atom stereocenters. The molecule has 0 bridgehead atoms. The molecule has 1 rings (SSSR count). The zero-order valence-corrected chi connectivity index (χ0v) is 9.17. The maximum absolute atomic E-state index is 11.3. The molecular formula is C9H10BrNO3. The Morgan fingerprint density at radius 2 is 2.29 bits per heavy atom. The van der Waals surface area contributed by atoms with E-state index in [0.29, 0.717) is 16.6 Å². The lowest BCUT2D eigenvalue weighted by Crippen LogP contribution is -2.06. The topological polar surface area (TPSA) is 72.5 Å². The molecule has 0 saturated heterocycles. The van der Waals surface area contributed by atoms with Crippen molar-refractivity contribution in [2.24, 2.45) is 0 Å². The Bertz CT molecular complexity index is 365. The summed E-state index contributed by atoms with van der Waals surface area (Å²) >= 11 is 3.14. The number of benzene rings is 1.